The molecule has 3 nitrogen and oxygen atoms in total. The van der Waals surface area contributed by atoms with Gasteiger partial charge in [0.05, 0.1) is 24.8 Å². The second kappa shape index (κ2) is 5.22. The molecule has 1 aromatic carbocycles. The quantitative estimate of drug-likeness (QED) is 0.899. The van der Waals surface area contributed by atoms with Crippen LogP contribution in [0.25, 0.3) is 0 Å². The molecule has 0 radical (unpaired) electrons. The molecule has 1 aliphatic carbocycles. The van der Waals surface area contributed by atoms with Crippen LogP contribution in [0.5, 0.6) is 11.5 Å². The number of aliphatic hydroxyl groups is 1. The van der Waals surface area contributed by atoms with Crippen molar-refractivity contribution in [2.24, 2.45) is 0 Å². The zero-order chi connectivity index (χ0) is 14.2. The minimum atomic E-state index is -0.549. The van der Waals surface area contributed by atoms with Crippen LogP contribution in [0.3, 0.4) is 0 Å². The van der Waals surface area contributed by atoms with Crippen molar-refractivity contribution < 1.29 is 14.6 Å². The van der Waals surface area contributed by atoms with E-state index in [0.29, 0.717) is 22.9 Å². The van der Waals surface area contributed by atoms with Gasteiger partial charge in [-0.1, -0.05) is 25.4 Å². The molecule has 1 aromatic rings. The molecule has 1 aliphatic rings. The Morgan fingerprint density at radius 2 is 1.84 bits per heavy atom. The molecule has 1 fully saturated rings. The number of methoxy groups -OCH3 is 2. The molecule has 106 valence electrons. The Labute approximate surface area is 119 Å². The van der Waals surface area contributed by atoms with Crippen molar-refractivity contribution in [3.63, 3.8) is 0 Å². The lowest BCUT2D eigenvalue weighted by Gasteiger charge is -2.22. The lowest BCUT2D eigenvalue weighted by atomic mass is 9.91. The highest BCUT2D eigenvalue weighted by molar-refractivity contribution is 6.32. The Bertz CT molecular complexity index is 479. The summed E-state index contributed by atoms with van der Waals surface area (Å²) in [5, 5.41) is 10.7. The Hall–Kier alpha value is -0.930. The van der Waals surface area contributed by atoms with E-state index in [0.717, 1.165) is 24.0 Å². The van der Waals surface area contributed by atoms with E-state index in [1.165, 1.54) is 0 Å². The third-order valence-corrected chi connectivity index (χ3v) is 3.93. The van der Waals surface area contributed by atoms with Gasteiger partial charge in [-0.3, -0.25) is 0 Å². The van der Waals surface area contributed by atoms with Crippen molar-refractivity contribution in [1.82, 2.24) is 0 Å². The summed E-state index contributed by atoms with van der Waals surface area (Å²) in [6, 6.07) is 1.90. The molecule has 0 aromatic heterocycles. The van der Waals surface area contributed by atoms with Crippen molar-refractivity contribution >= 4 is 11.6 Å². The maximum absolute atomic E-state index is 10.2. The molecule has 0 bridgehead atoms. The van der Waals surface area contributed by atoms with Crippen molar-refractivity contribution in [3.8, 4) is 11.5 Å². The number of rotatable bonds is 5. The van der Waals surface area contributed by atoms with Gasteiger partial charge in [0.2, 0.25) is 0 Å². The topological polar surface area (TPSA) is 38.7 Å². The SMILES string of the molecule is COc1c(Cl)cc(CC2(O)CC2)c(C(C)C)c1OC. The fraction of sp³-hybridized carbons (Fsp3) is 0.600. The predicted octanol–water partition coefficient (Wildman–Crippen LogP) is 3.55. The first-order chi connectivity index (χ1) is 8.91. The van der Waals surface area contributed by atoms with E-state index in [1.54, 1.807) is 14.2 Å². The molecule has 1 N–H and O–H groups in total. The van der Waals surface area contributed by atoms with Gasteiger partial charge in [0, 0.05) is 12.0 Å². The normalized spacial score (nSPS) is 16.6. The van der Waals surface area contributed by atoms with E-state index in [2.05, 4.69) is 13.8 Å². The maximum Gasteiger partial charge on any atom is 0.179 e. The minimum absolute atomic E-state index is 0.276. The summed E-state index contributed by atoms with van der Waals surface area (Å²) >= 11 is 6.25. The third-order valence-electron chi connectivity index (χ3n) is 3.65. The first kappa shape index (κ1) is 14.5. The molecule has 4 heteroatoms. The zero-order valence-corrected chi connectivity index (χ0v) is 12.7. The molecule has 0 atom stereocenters. The molecule has 19 heavy (non-hydrogen) atoms. The Morgan fingerprint density at radius 3 is 2.26 bits per heavy atom. The first-order valence-electron chi connectivity index (χ1n) is 6.57. The van der Waals surface area contributed by atoms with Crippen molar-refractivity contribution in [2.45, 2.75) is 44.6 Å². The molecule has 0 aliphatic heterocycles. The smallest absolute Gasteiger partial charge is 0.179 e. The standard InChI is InChI=1S/C15H21ClO3/c1-9(2)12-10(8-15(17)5-6-15)7-11(16)13(18-3)14(12)19-4/h7,9,17H,5-6,8H2,1-4H3. The first-order valence-corrected chi connectivity index (χ1v) is 6.95. The lowest BCUT2D eigenvalue weighted by Crippen LogP contribution is -2.14. The molecule has 0 heterocycles. The predicted molar refractivity (Wildman–Crippen MR) is 76.5 cm³/mol. The van der Waals surface area contributed by atoms with Gasteiger partial charge in [0.15, 0.2) is 11.5 Å². The van der Waals surface area contributed by atoms with Crippen LogP contribution >= 0.6 is 11.6 Å². The second-order valence-corrected chi connectivity index (χ2v) is 5.96. The van der Waals surface area contributed by atoms with Gasteiger partial charge in [0.25, 0.3) is 0 Å². The van der Waals surface area contributed by atoms with E-state index in [-0.39, 0.29) is 5.92 Å². The molecule has 0 spiro atoms. The highest BCUT2D eigenvalue weighted by atomic mass is 35.5. The fourth-order valence-electron chi connectivity index (χ4n) is 2.52. The van der Waals surface area contributed by atoms with Gasteiger partial charge < -0.3 is 14.6 Å². The van der Waals surface area contributed by atoms with E-state index >= 15 is 0 Å². The van der Waals surface area contributed by atoms with Crippen LogP contribution in [-0.2, 0) is 6.42 Å². The van der Waals surface area contributed by atoms with Crippen LogP contribution in [0.1, 0.15) is 43.7 Å². The average molecular weight is 285 g/mol. The summed E-state index contributed by atoms with van der Waals surface area (Å²) in [7, 11) is 3.21. The molecule has 2 rings (SSSR count). The van der Waals surface area contributed by atoms with Gasteiger partial charge in [-0.25, -0.2) is 0 Å². The van der Waals surface area contributed by atoms with E-state index in [1.807, 2.05) is 6.07 Å². The summed E-state index contributed by atoms with van der Waals surface area (Å²) in [4.78, 5) is 0. The van der Waals surface area contributed by atoms with Crippen molar-refractivity contribution in [3.05, 3.63) is 22.2 Å². The van der Waals surface area contributed by atoms with Gasteiger partial charge in [0.1, 0.15) is 0 Å². The molecule has 0 unspecified atom stereocenters. The summed E-state index contributed by atoms with van der Waals surface area (Å²) in [6.07, 6.45) is 2.34. The van der Waals surface area contributed by atoms with E-state index < -0.39 is 5.60 Å². The Kier molecular flexibility index (Phi) is 3.98. The number of benzene rings is 1. The fourth-order valence-corrected chi connectivity index (χ4v) is 2.82. The number of hydrogen-bond donors (Lipinski definition) is 1. The average Bonchev–Trinajstić information content (AvgIpc) is 3.05. The van der Waals surface area contributed by atoms with Crippen molar-refractivity contribution in [1.29, 1.82) is 0 Å². The number of halogens is 1. The van der Waals surface area contributed by atoms with Gasteiger partial charge in [-0.05, 0) is 30.4 Å². The third kappa shape index (κ3) is 2.82. The van der Waals surface area contributed by atoms with Crippen LogP contribution in [0.2, 0.25) is 5.02 Å². The summed E-state index contributed by atoms with van der Waals surface area (Å²) in [5.74, 6) is 1.53. The highest BCUT2D eigenvalue weighted by Gasteiger charge is 2.41. The van der Waals surface area contributed by atoms with Gasteiger partial charge in [-0.15, -0.1) is 0 Å². The highest BCUT2D eigenvalue weighted by Crippen LogP contribution is 2.46. The summed E-state index contributed by atoms with van der Waals surface area (Å²) in [5.41, 5.74) is 1.58. The number of hydrogen-bond acceptors (Lipinski definition) is 3. The van der Waals surface area contributed by atoms with Crippen LogP contribution in [0.15, 0.2) is 6.07 Å². The minimum Gasteiger partial charge on any atom is -0.492 e. The van der Waals surface area contributed by atoms with E-state index in [4.69, 9.17) is 21.1 Å². The summed E-state index contributed by atoms with van der Waals surface area (Å²) < 4.78 is 10.8. The molecule has 1 saturated carbocycles. The Morgan fingerprint density at radius 1 is 1.26 bits per heavy atom. The van der Waals surface area contributed by atoms with Crippen LogP contribution < -0.4 is 9.47 Å². The van der Waals surface area contributed by atoms with Crippen LogP contribution in [0, 0.1) is 0 Å². The second-order valence-electron chi connectivity index (χ2n) is 5.55. The number of ether oxygens (including phenoxy) is 2. The molecular formula is C15H21ClO3. The van der Waals surface area contributed by atoms with Gasteiger partial charge in [-0.2, -0.15) is 0 Å². The van der Waals surface area contributed by atoms with Crippen LogP contribution in [0.4, 0.5) is 0 Å². The van der Waals surface area contributed by atoms with Crippen LogP contribution in [-0.4, -0.2) is 24.9 Å². The lowest BCUT2D eigenvalue weighted by molar-refractivity contribution is 0.150. The zero-order valence-electron chi connectivity index (χ0n) is 11.9. The Balaban J connectivity index is 2.55. The van der Waals surface area contributed by atoms with E-state index in [9.17, 15) is 5.11 Å². The van der Waals surface area contributed by atoms with Crippen molar-refractivity contribution in [2.75, 3.05) is 14.2 Å². The molecule has 0 amide bonds. The van der Waals surface area contributed by atoms with Gasteiger partial charge >= 0.3 is 0 Å². The molecule has 0 saturated heterocycles. The summed E-state index contributed by atoms with van der Waals surface area (Å²) in [6.45, 7) is 4.21. The largest absolute Gasteiger partial charge is 0.492 e. The maximum atomic E-state index is 10.2. The monoisotopic (exact) mass is 284 g/mol. The molecular weight excluding hydrogens is 264 g/mol.